The molecule has 0 spiro atoms. The number of aliphatic hydroxyl groups excluding tert-OH is 2. The molecule has 0 aromatic carbocycles. The van der Waals surface area contributed by atoms with Crippen molar-refractivity contribution in [3.63, 3.8) is 0 Å². The molecule has 59 heavy (non-hydrogen) atoms. The number of hydrogen-bond acceptors (Lipinski definition) is 16. The van der Waals surface area contributed by atoms with Crippen LogP contribution in [0.15, 0.2) is 0 Å². The van der Waals surface area contributed by atoms with Gasteiger partial charge in [-0.3, -0.25) is 19.2 Å². The molecule has 3 aliphatic heterocycles. The Morgan fingerprint density at radius 1 is 0.864 bits per heavy atom. The number of likely N-dealkylation sites (N-methyl/N-ethyl adjacent to an activating group) is 1. The Hall–Kier alpha value is -2.28. The Balaban J connectivity index is 2.19. The van der Waals surface area contributed by atoms with Crippen molar-refractivity contribution in [3.05, 3.63) is 0 Å². The zero-order valence-corrected chi connectivity index (χ0v) is 37.9. The van der Waals surface area contributed by atoms with Gasteiger partial charge in [-0.05, 0) is 74.9 Å². The zero-order valence-electron chi connectivity index (χ0n) is 37.9. The van der Waals surface area contributed by atoms with Crippen molar-refractivity contribution < 1.29 is 72.4 Å². The third-order valence-corrected chi connectivity index (χ3v) is 12.9. The monoisotopic (exact) mass is 846 g/mol. The molecule has 0 aliphatic carbocycles. The van der Waals surface area contributed by atoms with Gasteiger partial charge in [0.25, 0.3) is 0 Å². The molecule has 0 unspecified atom stereocenters. The second kappa shape index (κ2) is 21.7. The van der Waals surface area contributed by atoms with Gasteiger partial charge in [0.15, 0.2) is 18.7 Å². The highest BCUT2D eigenvalue weighted by Crippen LogP contribution is 2.41. The summed E-state index contributed by atoms with van der Waals surface area (Å²) in [5.41, 5.74) is -2.90. The van der Waals surface area contributed by atoms with E-state index in [4.69, 9.17) is 37.9 Å². The van der Waals surface area contributed by atoms with Crippen molar-refractivity contribution in [2.24, 2.45) is 29.6 Å². The summed E-state index contributed by atoms with van der Waals surface area (Å²) < 4.78 is 49.1. The fourth-order valence-electron chi connectivity index (χ4n) is 9.12. The average molecular weight is 846 g/mol. The van der Waals surface area contributed by atoms with E-state index in [0.717, 1.165) is 0 Å². The summed E-state index contributed by atoms with van der Waals surface area (Å²) in [5, 5.41) is 35.1. The van der Waals surface area contributed by atoms with E-state index in [0.29, 0.717) is 12.8 Å². The first-order valence-electron chi connectivity index (χ1n) is 21.4. The van der Waals surface area contributed by atoms with Gasteiger partial charge in [-0.15, -0.1) is 0 Å². The Kier molecular flexibility index (Phi) is 18.8. The number of carbonyl (C=O) groups excluding carboxylic acids is 4. The van der Waals surface area contributed by atoms with Crippen LogP contribution in [0.4, 0.5) is 0 Å². The fourth-order valence-corrected chi connectivity index (χ4v) is 9.12. The fraction of sp³-hybridized carbons (Fsp3) is 0.907. The molecular weight excluding hydrogens is 770 g/mol. The minimum absolute atomic E-state index is 0.0870. The number of esters is 3. The lowest BCUT2D eigenvalue weighted by Crippen LogP contribution is -2.61. The van der Waals surface area contributed by atoms with Gasteiger partial charge < -0.3 is 58.1 Å². The minimum atomic E-state index is -1.83. The van der Waals surface area contributed by atoms with Crippen molar-refractivity contribution in [3.8, 4) is 0 Å². The number of hydrogen-bond donors (Lipinski definition) is 3. The third kappa shape index (κ3) is 12.7. The predicted molar refractivity (Wildman–Crippen MR) is 215 cm³/mol. The van der Waals surface area contributed by atoms with Crippen LogP contribution in [0.3, 0.4) is 0 Å². The predicted octanol–water partition coefficient (Wildman–Crippen LogP) is 3.56. The molecule has 3 aliphatic rings. The normalized spacial score (nSPS) is 43.1. The van der Waals surface area contributed by atoms with Crippen LogP contribution < -0.4 is 0 Å². The molecule has 0 amide bonds. The van der Waals surface area contributed by atoms with Crippen LogP contribution in [0.25, 0.3) is 0 Å². The van der Waals surface area contributed by atoms with E-state index in [1.54, 1.807) is 55.4 Å². The van der Waals surface area contributed by atoms with Gasteiger partial charge >= 0.3 is 17.9 Å². The van der Waals surface area contributed by atoms with E-state index in [1.807, 2.05) is 32.8 Å². The molecular formula is C43H75NO15. The summed E-state index contributed by atoms with van der Waals surface area (Å²) in [4.78, 5) is 55.6. The van der Waals surface area contributed by atoms with Gasteiger partial charge in [0.2, 0.25) is 0 Å². The molecule has 0 aromatic heterocycles. The SMILES string of the molecule is CCOC(=O)CCC(=O)O[C@H]1[C@H](O[C@@H]2[C@@H](C)[C@H](O[C@H]3C[C@@](C)(OC)[C@@H](O)[C@@H](C)O3)[C@@H](C)C(=O)O[C@H](CC)[C@H](C)[C@H](O)[C@@H](C)C(=O)[C@H](C)C[C@@]2(C)O)O[C@H](C)C[C@H]1N(C)C. The van der Waals surface area contributed by atoms with Crippen LogP contribution in [0.2, 0.25) is 0 Å². The molecule has 342 valence electrons. The van der Waals surface area contributed by atoms with Gasteiger partial charge in [-0.1, -0.05) is 34.6 Å². The Labute approximate surface area is 351 Å². The van der Waals surface area contributed by atoms with E-state index in [2.05, 4.69) is 0 Å². The average Bonchev–Trinajstić information content (AvgIpc) is 3.17. The smallest absolute Gasteiger partial charge is 0.311 e. The first-order chi connectivity index (χ1) is 27.4. The first-order valence-corrected chi connectivity index (χ1v) is 21.4. The van der Waals surface area contributed by atoms with E-state index < -0.39 is 126 Å². The summed E-state index contributed by atoms with van der Waals surface area (Å²) >= 11 is 0. The van der Waals surface area contributed by atoms with E-state index in [-0.39, 0.29) is 38.1 Å². The molecule has 3 fully saturated rings. The van der Waals surface area contributed by atoms with Crippen LogP contribution in [0.1, 0.15) is 115 Å². The van der Waals surface area contributed by atoms with E-state index in [1.165, 1.54) is 14.0 Å². The molecule has 16 nitrogen and oxygen atoms in total. The topological polar surface area (TPSA) is 206 Å². The number of carbonyl (C=O) groups is 4. The molecule has 3 saturated heterocycles. The molecule has 0 bridgehead atoms. The molecule has 3 heterocycles. The number of ketones is 1. The Morgan fingerprint density at radius 2 is 1.49 bits per heavy atom. The lowest BCUT2D eigenvalue weighted by molar-refractivity contribution is -0.318. The van der Waals surface area contributed by atoms with Crippen LogP contribution in [-0.2, 0) is 57.1 Å². The number of ether oxygens (including phenoxy) is 8. The largest absolute Gasteiger partial charge is 0.466 e. The lowest BCUT2D eigenvalue weighted by Gasteiger charge is -2.49. The first kappa shape index (κ1) is 51.1. The Bertz CT molecular complexity index is 1390. The van der Waals surface area contributed by atoms with Crippen molar-refractivity contribution in [1.29, 1.82) is 0 Å². The third-order valence-electron chi connectivity index (χ3n) is 12.9. The molecule has 3 rings (SSSR count). The van der Waals surface area contributed by atoms with E-state index >= 15 is 0 Å². The number of cyclic esters (lactones) is 1. The van der Waals surface area contributed by atoms with Crippen molar-refractivity contribution in [2.75, 3.05) is 27.8 Å². The van der Waals surface area contributed by atoms with Crippen molar-refractivity contribution in [2.45, 2.75) is 193 Å². The molecule has 18 atom stereocenters. The van der Waals surface area contributed by atoms with Crippen LogP contribution in [0, 0.1) is 29.6 Å². The standard InChI is InChI=1S/C43H75NO15/c1-15-30-24(5)35(48)25(6)34(47)22(3)20-42(10,51)39(26(7)36(27(8)40(50)56-30)58-33-21-43(11,52-14)38(49)28(9)55-33)59-41-37(29(44(12)13)19-23(4)54-41)57-32(46)18-17-31(45)53-16-2/h22-30,33,35-39,41,48-49,51H,15-21H2,1-14H3/t22-,23-,24+,25+,26+,27-,28-,29-,30-,33+,35+,36+,37-,38+,39-,41+,42-,43-/m1/s1. The summed E-state index contributed by atoms with van der Waals surface area (Å²) in [5.74, 6) is -6.27. The number of aliphatic hydroxyl groups is 3. The number of methoxy groups -OCH3 is 1. The number of Topliss-reactive ketones (excluding diaryl/α,β-unsaturated/α-hetero) is 1. The lowest BCUT2D eigenvalue weighted by atomic mass is 9.74. The summed E-state index contributed by atoms with van der Waals surface area (Å²) in [6.07, 6.45) is -9.30. The van der Waals surface area contributed by atoms with Crippen LogP contribution >= 0.6 is 0 Å². The summed E-state index contributed by atoms with van der Waals surface area (Å²) in [7, 11) is 5.15. The van der Waals surface area contributed by atoms with Gasteiger partial charge in [0.1, 0.15) is 18.0 Å². The molecule has 0 aromatic rings. The van der Waals surface area contributed by atoms with Crippen molar-refractivity contribution in [1.82, 2.24) is 4.90 Å². The highest BCUT2D eigenvalue weighted by atomic mass is 16.7. The highest BCUT2D eigenvalue weighted by Gasteiger charge is 2.53. The maximum atomic E-state index is 14.3. The minimum Gasteiger partial charge on any atom is -0.466 e. The molecule has 0 radical (unpaired) electrons. The van der Waals surface area contributed by atoms with Crippen LogP contribution in [0.5, 0.6) is 0 Å². The molecule has 16 heteroatoms. The van der Waals surface area contributed by atoms with Gasteiger partial charge in [0.05, 0.1) is 73.1 Å². The number of nitrogens with zero attached hydrogens (tertiary/aromatic N) is 1. The second-order valence-corrected chi connectivity index (χ2v) is 18.0. The van der Waals surface area contributed by atoms with E-state index in [9.17, 15) is 34.5 Å². The summed E-state index contributed by atoms with van der Waals surface area (Å²) in [6.45, 7) is 19.0. The second-order valence-electron chi connectivity index (χ2n) is 18.0. The van der Waals surface area contributed by atoms with Gasteiger partial charge in [-0.25, -0.2) is 0 Å². The highest BCUT2D eigenvalue weighted by molar-refractivity contribution is 5.83. The maximum absolute atomic E-state index is 14.3. The zero-order chi connectivity index (χ0) is 44.7. The molecule has 3 N–H and O–H groups in total. The van der Waals surface area contributed by atoms with Gasteiger partial charge in [-0.2, -0.15) is 0 Å². The maximum Gasteiger partial charge on any atom is 0.311 e. The molecule has 0 saturated carbocycles. The van der Waals surface area contributed by atoms with Crippen LogP contribution in [-0.4, -0.2) is 150 Å². The van der Waals surface area contributed by atoms with Crippen molar-refractivity contribution >= 4 is 23.7 Å². The number of rotatable bonds is 12. The van der Waals surface area contributed by atoms with Gasteiger partial charge in [0, 0.05) is 37.2 Å². The quantitative estimate of drug-likeness (QED) is 0.190. The Morgan fingerprint density at radius 3 is 2.07 bits per heavy atom. The summed E-state index contributed by atoms with van der Waals surface area (Å²) in [6, 6.07) is -0.416.